The average Bonchev–Trinajstić information content (AvgIpc) is 3.34. The van der Waals surface area contributed by atoms with E-state index in [4.69, 9.17) is 5.26 Å². The highest BCUT2D eigenvalue weighted by atomic mass is 16.1. The number of rotatable bonds is 5. The molecule has 0 radical (unpaired) electrons. The zero-order valence-corrected chi connectivity index (χ0v) is 11.5. The number of pyridine rings is 1. The van der Waals surface area contributed by atoms with Crippen molar-refractivity contribution in [3.8, 4) is 6.07 Å². The van der Waals surface area contributed by atoms with Crippen molar-refractivity contribution in [2.45, 2.75) is 25.3 Å². The van der Waals surface area contributed by atoms with Gasteiger partial charge in [-0.25, -0.2) is 9.97 Å². The van der Waals surface area contributed by atoms with Gasteiger partial charge in [0, 0.05) is 31.3 Å². The fraction of sp³-hybridized carbons (Fsp3) is 0.333. The van der Waals surface area contributed by atoms with Crippen LogP contribution in [0.15, 0.2) is 35.5 Å². The molecule has 3 rings (SSSR count). The van der Waals surface area contributed by atoms with Crippen molar-refractivity contribution < 1.29 is 0 Å². The zero-order valence-electron chi connectivity index (χ0n) is 11.5. The Morgan fingerprint density at radius 1 is 1.38 bits per heavy atom. The first kappa shape index (κ1) is 13.3. The molecule has 21 heavy (non-hydrogen) atoms. The first-order valence-corrected chi connectivity index (χ1v) is 6.92. The van der Waals surface area contributed by atoms with Gasteiger partial charge in [0.25, 0.3) is 5.56 Å². The smallest absolute Gasteiger partial charge is 0.253 e. The monoisotopic (exact) mass is 281 g/mol. The molecule has 2 heterocycles. The van der Waals surface area contributed by atoms with Crippen LogP contribution in [0.1, 0.15) is 30.0 Å². The number of hydrogen-bond acceptors (Lipinski definition) is 5. The maximum absolute atomic E-state index is 11.9. The highest BCUT2D eigenvalue weighted by molar-refractivity contribution is 5.38. The third-order valence-electron chi connectivity index (χ3n) is 3.45. The summed E-state index contributed by atoms with van der Waals surface area (Å²) in [6, 6.07) is 7.10. The van der Waals surface area contributed by atoms with Gasteiger partial charge in [0.15, 0.2) is 0 Å². The lowest BCUT2D eigenvalue weighted by molar-refractivity contribution is 0.671. The molecular formula is C15H15N5O. The van der Waals surface area contributed by atoms with Gasteiger partial charge in [-0.15, -0.1) is 0 Å². The molecule has 0 aliphatic heterocycles. The first-order valence-electron chi connectivity index (χ1n) is 6.92. The summed E-state index contributed by atoms with van der Waals surface area (Å²) in [6.45, 7) is 1.10. The fourth-order valence-corrected chi connectivity index (χ4v) is 2.08. The van der Waals surface area contributed by atoms with E-state index in [9.17, 15) is 4.79 Å². The number of nitriles is 1. The SMILES string of the molecule is N#Cc1ccc(NCCn2cnc(C3CC3)cc2=O)nc1. The van der Waals surface area contributed by atoms with Crippen molar-refractivity contribution in [1.82, 2.24) is 14.5 Å². The van der Waals surface area contributed by atoms with E-state index in [1.807, 2.05) is 6.07 Å². The Hall–Kier alpha value is -2.68. The lowest BCUT2D eigenvalue weighted by atomic mass is 10.3. The van der Waals surface area contributed by atoms with Gasteiger partial charge < -0.3 is 5.32 Å². The van der Waals surface area contributed by atoms with Crippen LogP contribution >= 0.6 is 0 Å². The van der Waals surface area contributed by atoms with Gasteiger partial charge in [-0.2, -0.15) is 5.26 Å². The predicted octanol–water partition coefficient (Wildman–Crippen LogP) is 1.50. The molecule has 0 amide bonds. The van der Waals surface area contributed by atoms with Gasteiger partial charge in [-0.05, 0) is 25.0 Å². The van der Waals surface area contributed by atoms with Crippen molar-refractivity contribution in [3.63, 3.8) is 0 Å². The molecular weight excluding hydrogens is 266 g/mol. The lowest BCUT2D eigenvalue weighted by Gasteiger charge is -2.08. The van der Waals surface area contributed by atoms with Crippen LogP contribution in [0.3, 0.4) is 0 Å². The van der Waals surface area contributed by atoms with Gasteiger partial charge in [0.05, 0.1) is 17.6 Å². The highest BCUT2D eigenvalue weighted by Crippen LogP contribution is 2.38. The van der Waals surface area contributed by atoms with E-state index in [0.717, 1.165) is 18.5 Å². The molecule has 1 fully saturated rings. The van der Waals surface area contributed by atoms with Crippen LogP contribution in [0.5, 0.6) is 0 Å². The second-order valence-electron chi connectivity index (χ2n) is 5.09. The van der Waals surface area contributed by atoms with Crippen molar-refractivity contribution >= 4 is 5.82 Å². The molecule has 2 aromatic heterocycles. The normalized spacial score (nSPS) is 13.7. The number of aromatic nitrogens is 3. The minimum Gasteiger partial charge on any atom is -0.368 e. The Labute approximate surface area is 122 Å². The molecule has 2 aromatic rings. The molecule has 0 bridgehead atoms. The summed E-state index contributed by atoms with van der Waals surface area (Å²) in [7, 11) is 0. The fourth-order valence-electron chi connectivity index (χ4n) is 2.08. The molecule has 1 N–H and O–H groups in total. The molecule has 0 atom stereocenters. The van der Waals surface area contributed by atoms with Gasteiger partial charge >= 0.3 is 0 Å². The van der Waals surface area contributed by atoms with E-state index in [-0.39, 0.29) is 5.56 Å². The van der Waals surface area contributed by atoms with Gasteiger partial charge in [0.1, 0.15) is 11.9 Å². The van der Waals surface area contributed by atoms with Crippen molar-refractivity contribution in [1.29, 1.82) is 5.26 Å². The summed E-state index contributed by atoms with van der Waals surface area (Å²) in [5.41, 5.74) is 1.43. The zero-order chi connectivity index (χ0) is 14.7. The Bertz CT molecular complexity index is 725. The molecule has 1 aliphatic carbocycles. The van der Waals surface area contributed by atoms with E-state index >= 15 is 0 Å². The van der Waals surface area contributed by atoms with E-state index in [2.05, 4.69) is 15.3 Å². The van der Waals surface area contributed by atoms with Gasteiger partial charge in [-0.1, -0.05) is 0 Å². The standard InChI is InChI=1S/C15H15N5O/c16-8-11-1-4-14(18-9-11)17-5-6-20-10-19-13(7-15(20)21)12-2-3-12/h1,4,7,9-10,12H,2-3,5-6H2,(H,17,18). The molecule has 6 heteroatoms. The summed E-state index contributed by atoms with van der Waals surface area (Å²) in [5.74, 6) is 1.18. The number of hydrogen-bond donors (Lipinski definition) is 1. The molecule has 106 valence electrons. The quantitative estimate of drug-likeness (QED) is 0.898. The largest absolute Gasteiger partial charge is 0.368 e. The summed E-state index contributed by atoms with van der Waals surface area (Å²) in [4.78, 5) is 20.4. The van der Waals surface area contributed by atoms with E-state index in [1.165, 1.54) is 6.20 Å². The van der Waals surface area contributed by atoms with Crippen molar-refractivity contribution in [2.24, 2.45) is 0 Å². The number of nitrogens with one attached hydrogen (secondary N) is 1. The minimum absolute atomic E-state index is 0.0125. The van der Waals surface area contributed by atoms with Crippen molar-refractivity contribution in [2.75, 3.05) is 11.9 Å². The highest BCUT2D eigenvalue weighted by Gasteiger charge is 2.25. The average molecular weight is 281 g/mol. The van der Waals surface area contributed by atoms with Gasteiger partial charge in [-0.3, -0.25) is 9.36 Å². The molecule has 0 unspecified atom stereocenters. The Morgan fingerprint density at radius 2 is 2.24 bits per heavy atom. The topological polar surface area (TPSA) is 83.6 Å². The molecule has 1 saturated carbocycles. The van der Waals surface area contributed by atoms with Crippen LogP contribution in [0, 0.1) is 11.3 Å². The number of anilines is 1. The molecule has 0 aromatic carbocycles. The maximum atomic E-state index is 11.9. The van der Waals surface area contributed by atoms with Crippen LogP contribution in [0.25, 0.3) is 0 Å². The summed E-state index contributed by atoms with van der Waals surface area (Å²) in [5, 5.41) is 11.8. The Kier molecular flexibility index (Phi) is 3.65. The lowest BCUT2D eigenvalue weighted by Crippen LogP contribution is -2.24. The van der Waals surface area contributed by atoms with E-state index in [0.29, 0.717) is 30.4 Å². The van der Waals surface area contributed by atoms with Crippen LogP contribution in [-0.2, 0) is 6.54 Å². The molecule has 1 aliphatic rings. The van der Waals surface area contributed by atoms with E-state index in [1.54, 1.807) is 29.1 Å². The van der Waals surface area contributed by atoms with Crippen LogP contribution in [-0.4, -0.2) is 21.1 Å². The van der Waals surface area contributed by atoms with Crippen LogP contribution < -0.4 is 10.9 Å². The summed E-state index contributed by atoms with van der Waals surface area (Å²) in [6.07, 6.45) is 5.41. The Balaban J connectivity index is 1.57. The second kappa shape index (κ2) is 5.75. The molecule has 0 saturated heterocycles. The maximum Gasteiger partial charge on any atom is 0.253 e. The first-order chi connectivity index (χ1) is 10.3. The summed E-state index contributed by atoms with van der Waals surface area (Å²) >= 11 is 0. The predicted molar refractivity (Wildman–Crippen MR) is 77.9 cm³/mol. The molecule has 0 spiro atoms. The second-order valence-corrected chi connectivity index (χ2v) is 5.09. The third-order valence-corrected chi connectivity index (χ3v) is 3.45. The minimum atomic E-state index is -0.0125. The van der Waals surface area contributed by atoms with E-state index < -0.39 is 0 Å². The van der Waals surface area contributed by atoms with Crippen LogP contribution in [0.2, 0.25) is 0 Å². The van der Waals surface area contributed by atoms with Crippen LogP contribution in [0.4, 0.5) is 5.82 Å². The van der Waals surface area contributed by atoms with Gasteiger partial charge in [0.2, 0.25) is 0 Å². The summed E-state index contributed by atoms with van der Waals surface area (Å²) < 4.78 is 1.59. The van der Waals surface area contributed by atoms with Crippen molar-refractivity contribution in [3.05, 3.63) is 52.3 Å². The third kappa shape index (κ3) is 3.26. The molecule has 6 nitrogen and oxygen atoms in total. The number of nitrogens with zero attached hydrogens (tertiary/aromatic N) is 4. The Morgan fingerprint density at radius 3 is 2.86 bits per heavy atom.